The molecule has 4 nitrogen and oxygen atoms in total. The number of nitrogens with zero attached hydrogens (tertiary/aromatic N) is 1. The van der Waals surface area contributed by atoms with Crippen LogP contribution < -0.4 is 10.1 Å². The van der Waals surface area contributed by atoms with E-state index in [1.54, 1.807) is 18.3 Å². The number of carbonyl (C=O) groups excluding carboxylic acids is 1. The number of benzene rings is 1. The van der Waals surface area contributed by atoms with Gasteiger partial charge < -0.3 is 10.1 Å². The van der Waals surface area contributed by atoms with Crippen molar-refractivity contribution in [2.45, 2.75) is 6.92 Å². The van der Waals surface area contributed by atoms with Gasteiger partial charge in [-0.2, -0.15) is 0 Å². The van der Waals surface area contributed by atoms with Crippen molar-refractivity contribution in [2.24, 2.45) is 0 Å². The largest absolute Gasteiger partial charge is 0.453 e. The van der Waals surface area contributed by atoms with E-state index in [1.165, 1.54) is 6.92 Å². The Bertz CT molecular complexity index is 512. The summed E-state index contributed by atoms with van der Waals surface area (Å²) in [5, 5.41) is 2.62. The zero-order valence-corrected chi connectivity index (χ0v) is 9.38. The number of anilines is 1. The minimum atomic E-state index is -0.179. The predicted octanol–water partition coefficient (Wildman–Crippen LogP) is 2.83. The van der Waals surface area contributed by atoms with Crippen molar-refractivity contribution in [3.63, 3.8) is 0 Å². The van der Waals surface area contributed by atoms with Gasteiger partial charge in [-0.1, -0.05) is 18.2 Å². The molecule has 86 valence electrons. The first-order chi connectivity index (χ1) is 8.25. The van der Waals surface area contributed by atoms with Gasteiger partial charge in [0.1, 0.15) is 5.75 Å². The number of amides is 1. The van der Waals surface area contributed by atoms with Crippen molar-refractivity contribution >= 4 is 11.7 Å². The molecule has 1 amide bonds. The van der Waals surface area contributed by atoms with Crippen LogP contribution in [0.1, 0.15) is 6.92 Å². The van der Waals surface area contributed by atoms with Gasteiger partial charge in [-0.05, 0) is 24.3 Å². The van der Waals surface area contributed by atoms with E-state index in [4.69, 9.17) is 4.74 Å². The third-order valence-electron chi connectivity index (χ3n) is 2.04. The second-order valence-corrected chi connectivity index (χ2v) is 3.45. The molecule has 0 fully saturated rings. The lowest BCUT2D eigenvalue weighted by atomic mass is 10.3. The summed E-state index contributed by atoms with van der Waals surface area (Å²) in [7, 11) is 0. The van der Waals surface area contributed by atoms with E-state index < -0.39 is 0 Å². The molecule has 0 spiro atoms. The third kappa shape index (κ3) is 3.04. The van der Waals surface area contributed by atoms with Crippen LogP contribution in [0.5, 0.6) is 11.5 Å². The number of pyridine rings is 1. The molecule has 4 heteroatoms. The van der Waals surface area contributed by atoms with Gasteiger partial charge in [-0.15, -0.1) is 0 Å². The maximum atomic E-state index is 11.0. The topological polar surface area (TPSA) is 51.2 Å². The molecule has 0 aliphatic carbocycles. The molecule has 0 saturated heterocycles. The quantitative estimate of drug-likeness (QED) is 0.878. The second-order valence-electron chi connectivity index (χ2n) is 3.45. The Morgan fingerprint density at radius 3 is 2.65 bits per heavy atom. The van der Waals surface area contributed by atoms with Gasteiger partial charge in [0.15, 0.2) is 11.6 Å². The number of carbonyl (C=O) groups is 1. The summed E-state index contributed by atoms with van der Waals surface area (Å²) in [6.07, 6.45) is 1.60. The number of aromatic nitrogens is 1. The molecule has 2 aromatic rings. The number of para-hydroxylation sites is 1. The fourth-order valence-corrected chi connectivity index (χ4v) is 1.35. The molecule has 0 radical (unpaired) electrons. The van der Waals surface area contributed by atoms with Crippen LogP contribution in [0.2, 0.25) is 0 Å². The molecule has 1 aromatic carbocycles. The summed E-state index contributed by atoms with van der Waals surface area (Å²) in [6.45, 7) is 1.43. The highest BCUT2D eigenvalue weighted by Crippen LogP contribution is 2.26. The Labute approximate surface area is 99.3 Å². The lowest BCUT2D eigenvalue weighted by Gasteiger charge is -2.09. The van der Waals surface area contributed by atoms with Crippen molar-refractivity contribution in [1.29, 1.82) is 0 Å². The molecule has 2 rings (SSSR count). The average Bonchev–Trinajstić information content (AvgIpc) is 2.32. The molecule has 0 atom stereocenters. The normalized spacial score (nSPS) is 9.71. The van der Waals surface area contributed by atoms with E-state index in [0.29, 0.717) is 17.3 Å². The van der Waals surface area contributed by atoms with Crippen LogP contribution in [-0.4, -0.2) is 10.9 Å². The smallest absolute Gasteiger partial charge is 0.222 e. The Morgan fingerprint density at radius 1 is 1.18 bits per heavy atom. The maximum absolute atomic E-state index is 11.0. The molecule has 0 aliphatic heterocycles. The van der Waals surface area contributed by atoms with E-state index in [0.717, 1.165) is 0 Å². The summed E-state index contributed by atoms with van der Waals surface area (Å²) >= 11 is 0. The Hall–Kier alpha value is -2.36. The number of nitrogens with one attached hydrogen (secondary N) is 1. The van der Waals surface area contributed by atoms with Crippen LogP contribution in [0.3, 0.4) is 0 Å². The summed E-state index contributed by atoms with van der Waals surface area (Å²) in [4.78, 5) is 15.1. The van der Waals surface area contributed by atoms with Gasteiger partial charge in [0.25, 0.3) is 0 Å². The highest BCUT2D eigenvalue weighted by Gasteiger charge is 2.06. The highest BCUT2D eigenvalue weighted by atomic mass is 16.5. The molecule has 1 aromatic heterocycles. The van der Waals surface area contributed by atoms with Gasteiger partial charge in [-0.3, -0.25) is 4.79 Å². The highest BCUT2D eigenvalue weighted by molar-refractivity contribution is 5.89. The zero-order chi connectivity index (χ0) is 12.1. The van der Waals surface area contributed by atoms with Crippen LogP contribution in [0.4, 0.5) is 5.82 Å². The standard InChI is InChI=1S/C13H12N2O2/c1-10(16)15-13-12(8-5-9-14-13)17-11-6-3-2-4-7-11/h2-9H,1H3,(H,14,15,16). The summed E-state index contributed by atoms with van der Waals surface area (Å²) in [5.74, 6) is 1.46. The van der Waals surface area contributed by atoms with Gasteiger partial charge in [-0.25, -0.2) is 4.98 Å². The summed E-state index contributed by atoms with van der Waals surface area (Å²) in [5.41, 5.74) is 0. The molecular formula is C13H12N2O2. The van der Waals surface area contributed by atoms with Crippen molar-refractivity contribution in [3.8, 4) is 11.5 Å². The first kappa shape index (κ1) is 11.1. The maximum Gasteiger partial charge on any atom is 0.222 e. The zero-order valence-electron chi connectivity index (χ0n) is 9.38. The summed E-state index contributed by atoms with van der Waals surface area (Å²) in [6, 6.07) is 12.8. The van der Waals surface area contributed by atoms with E-state index >= 15 is 0 Å². The average molecular weight is 228 g/mol. The van der Waals surface area contributed by atoms with Crippen LogP contribution in [0.25, 0.3) is 0 Å². The fourth-order valence-electron chi connectivity index (χ4n) is 1.35. The third-order valence-corrected chi connectivity index (χ3v) is 2.04. The molecule has 1 N–H and O–H groups in total. The van der Waals surface area contributed by atoms with Crippen molar-refractivity contribution in [2.75, 3.05) is 5.32 Å². The minimum Gasteiger partial charge on any atom is -0.453 e. The number of ether oxygens (including phenoxy) is 1. The van der Waals surface area contributed by atoms with E-state index in [1.807, 2.05) is 30.3 Å². The summed E-state index contributed by atoms with van der Waals surface area (Å²) < 4.78 is 5.63. The Balaban J connectivity index is 2.23. The predicted molar refractivity (Wildman–Crippen MR) is 65.1 cm³/mol. The molecule has 0 bridgehead atoms. The van der Waals surface area contributed by atoms with Gasteiger partial charge in [0, 0.05) is 13.1 Å². The molecule has 17 heavy (non-hydrogen) atoms. The molecule has 0 unspecified atom stereocenters. The lowest BCUT2D eigenvalue weighted by molar-refractivity contribution is -0.114. The van der Waals surface area contributed by atoms with Crippen LogP contribution in [0, 0.1) is 0 Å². The van der Waals surface area contributed by atoms with Crippen LogP contribution in [0.15, 0.2) is 48.7 Å². The minimum absolute atomic E-state index is 0.179. The van der Waals surface area contributed by atoms with E-state index in [-0.39, 0.29) is 5.91 Å². The van der Waals surface area contributed by atoms with Crippen molar-refractivity contribution in [3.05, 3.63) is 48.7 Å². The first-order valence-electron chi connectivity index (χ1n) is 5.21. The van der Waals surface area contributed by atoms with Gasteiger partial charge >= 0.3 is 0 Å². The number of rotatable bonds is 3. The van der Waals surface area contributed by atoms with Crippen LogP contribution >= 0.6 is 0 Å². The first-order valence-corrected chi connectivity index (χ1v) is 5.21. The van der Waals surface area contributed by atoms with Gasteiger partial charge in [0.05, 0.1) is 0 Å². The second kappa shape index (κ2) is 5.12. The SMILES string of the molecule is CC(=O)Nc1ncccc1Oc1ccccc1. The number of hydrogen-bond donors (Lipinski definition) is 1. The van der Waals surface area contributed by atoms with Crippen LogP contribution in [-0.2, 0) is 4.79 Å². The Kier molecular flexibility index (Phi) is 3.35. The molecule has 0 aliphatic rings. The molecule has 0 saturated carbocycles. The number of hydrogen-bond acceptors (Lipinski definition) is 3. The fraction of sp³-hybridized carbons (Fsp3) is 0.0769. The lowest BCUT2D eigenvalue weighted by Crippen LogP contribution is -2.08. The molecular weight excluding hydrogens is 216 g/mol. The van der Waals surface area contributed by atoms with E-state index in [9.17, 15) is 4.79 Å². The van der Waals surface area contributed by atoms with Crippen molar-refractivity contribution < 1.29 is 9.53 Å². The monoisotopic (exact) mass is 228 g/mol. The van der Waals surface area contributed by atoms with E-state index in [2.05, 4.69) is 10.3 Å². The molecule has 1 heterocycles. The van der Waals surface area contributed by atoms with Gasteiger partial charge in [0.2, 0.25) is 5.91 Å². The Morgan fingerprint density at radius 2 is 1.94 bits per heavy atom. The van der Waals surface area contributed by atoms with Crippen molar-refractivity contribution in [1.82, 2.24) is 4.98 Å².